The molecular formula is C14H25N3S. The van der Waals surface area contributed by atoms with Gasteiger partial charge in [-0.2, -0.15) is 0 Å². The second-order valence-electron chi connectivity index (χ2n) is 5.65. The van der Waals surface area contributed by atoms with Crippen molar-refractivity contribution in [3.63, 3.8) is 0 Å². The lowest BCUT2D eigenvalue weighted by molar-refractivity contribution is 0.180. The molecule has 0 atom stereocenters. The van der Waals surface area contributed by atoms with Gasteiger partial charge in [0.2, 0.25) is 0 Å². The first-order valence-corrected chi connectivity index (χ1v) is 8.01. The summed E-state index contributed by atoms with van der Waals surface area (Å²) in [5.41, 5.74) is 3.14. The van der Waals surface area contributed by atoms with Crippen LogP contribution in [0.3, 0.4) is 0 Å². The van der Waals surface area contributed by atoms with E-state index in [1.807, 2.05) is 5.51 Å². The monoisotopic (exact) mass is 267 g/mol. The van der Waals surface area contributed by atoms with Crippen LogP contribution in [0.4, 0.5) is 0 Å². The fourth-order valence-corrected chi connectivity index (χ4v) is 3.19. The van der Waals surface area contributed by atoms with Crippen molar-refractivity contribution >= 4 is 11.3 Å². The minimum Gasteiger partial charge on any atom is -0.313 e. The van der Waals surface area contributed by atoms with E-state index in [9.17, 15) is 0 Å². The zero-order chi connectivity index (χ0) is 12.8. The number of aromatic nitrogens is 1. The number of rotatable bonds is 6. The van der Waals surface area contributed by atoms with E-state index in [1.165, 1.54) is 38.2 Å². The van der Waals surface area contributed by atoms with Crippen molar-refractivity contribution < 1.29 is 0 Å². The second kappa shape index (κ2) is 7.22. The van der Waals surface area contributed by atoms with Crippen LogP contribution in [0.1, 0.15) is 32.4 Å². The smallest absolute Gasteiger partial charge is 0.0794 e. The van der Waals surface area contributed by atoms with E-state index >= 15 is 0 Å². The van der Waals surface area contributed by atoms with Gasteiger partial charge in [-0.3, -0.25) is 0 Å². The van der Waals surface area contributed by atoms with E-state index in [0.717, 1.165) is 18.9 Å². The van der Waals surface area contributed by atoms with Gasteiger partial charge in [0, 0.05) is 30.9 Å². The lowest BCUT2D eigenvalue weighted by Gasteiger charge is -2.33. The van der Waals surface area contributed by atoms with Gasteiger partial charge in [-0.05, 0) is 31.8 Å². The minimum absolute atomic E-state index is 0.715. The molecule has 0 radical (unpaired) electrons. The number of hydrogen-bond donors (Lipinski definition) is 1. The minimum atomic E-state index is 0.715. The summed E-state index contributed by atoms with van der Waals surface area (Å²) in [6, 6.07) is 0.715. The van der Waals surface area contributed by atoms with Crippen LogP contribution >= 0.6 is 11.3 Å². The van der Waals surface area contributed by atoms with Crippen LogP contribution in [0.2, 0.25) is 0 Å². The lowest BCUT2D eigenvalue weighted by Crippen LogP contribution is -2.44. The maximum Gasteiger partial charge on any atom is 0.0794 e. The van der Waals surface area contributed by atoms with Gasteiger partial charge in [-0.1, -0.05) is 13.8 Å². The third-order valence-electron chi connectivity index (χ3n) is 3.51. The van der Waals surface area contributed by atoms with Crippen LogP contribution in [0, 0.1) is 5.92 Å². The molecule has 1 saturated heterocycles. The topological polar surface area (TPSA) is 28.2 Å². The number of likely N-dealkylation sites (tertiary alicyclic amines) is 1. The van der Waals surface area contributed by atoms with Crippen molar-refractivity contribution in [2.75, 3.05) is 26.2 Å². The van der Waals surface area contributed by atoms with Gasteiger partial charge in [0.1, 0.15) is 0 Å². The van der Waals surface area contributed by atoms with E-state index in [0.29, 0.717) is 6.04 Å². The highest BCUT2D eigenvalue weighted by Gasteiger charge is 2.18. The van der Waals surface area contributed by atoms with Crippen LogP contribution in [0.25, 0.3) is 0 Å². The highest BCUT2D eigenvalue weighted by atomic mass is 32.1. The van der Waals surface area contributed by atoms with Gasteiger partial charge in [0.15, 0.2) is 0 Å². The van der Waals surface area contributed by atoms with E-state index in [2.05, 4.69) is 34.4 Å². The molecule has 18 heavy (non-hydrogen) atoms. The average Bonchev–Trinajstić information content (AvgIpc) is 2.84. The van der Waals surface area contributed by atoms with Crippen LogP contribution in [0.5, 0.6) is 0 Å². The predicted octanol–water partition coefficient (Wildman–Crippen LogP) is 2.40. The molecule has 0 unspecified atom stereocenters. The van der Waals surface area contributed by atoms with E-state index < -0.39 is 0 Å². The number of nitrogens with zero attached hydrogens (tertiary/aromatic N) is 2. The molecule has 102 valence electrons. The number of piperidine rings is 1. The van der Waals surface area contributed by atoms with E-state index in [1.54, 1.807) is 11.3 Å². The molecule has 0 aliphatic carbocycles. The summed E-state index contributed by atoms with van der Waals surface area (Å²) < 4.78 is 0. The summed E-state index contributed by atoms with van der Waals surface area (Å²) in [7, 11) is 0. The van der Waals surface area contributed by atoms with E-state index in [-0.39, 0.29) is 0 Å². The van der Waals surface area contributed by atoms with Gasteiger partial charge in [0.25, 0.3) is 0 Å². The largest absolute Gasteiger partial charge is 0.313 e. The Bertz CT molecular complexity index is 316. The molecule has 0 spiro atoms. The fraction of sp³-hybridized carbons (Fsp3) is 0.786. The molecule has 3 nitrogen and oxygen atoms in total. The first-order chi connectivity index (χ1) is 8.74. The van der Waals surface area contributed by atoms with Crippen LogP contribution in [0.15, 0.2) is 10.9 Å². The Balaban J connectivity index is 1.59. The van der Waals surface area contributed by atoms with Crippen molar-refractivity contribution in [1.82, 2.24) is 15.2 Å². The molecule has 1 aliphatic heterocycles. The molecular weight excluding hydrogens is 242 g/mol. The zero-order valence-electron chi connectivity index (χ0n) is 11.6. The third kappa shape index (κ3) is 4.67. The highest BCUT2D eigenvalue weighted by molar-refractivity contribution is 7.07. The van der Waals surface area contributed by atoms with Crippen LogP contribution in [-0.2, 0) is 6.42 Å². The predicted molar refractivity (Wildman–Crippen MR) is 78.1 cm³/mol. The SMILES string of the molecule is CC(C)CN1CCC(NCCc2cscn2)CC1. The molecule has 1 aliphatic rings. The first-order valence-electron chi connectivity index (χ1n) is 7.07. The summed E-state index contributed by atoms with van der Waals surface area (Å²) in [6.07, 6.45) is 3.66. The molecule has 4 heteroatoms. The van der Waals surface area contributed by atoms with Crippen molar-refractivity contribution in [3.8, 4) is 0 Å². The number of nitrogens with one attached hydrogen (secondary N) is 1. The van der Waals surface area contributed by atoms with Gasteiger partial charge in [0.05, 0.1) is 11.2 Å². The van der Waals surface area contributed by atoms with Gasteiger partial charge < -0.3 is 10.2 Å². The number of thiazole rings is 1. The molecule has 2 heterocycles. The number of hydrogen-bond acceptors (Lipinski definition) is 4. The molecule has 1 aromatic heterocycles. The first kappa shape index (κ1) is 14.0. The maximum absolute atomic E-state index is 4.31. The van der Waals surface area contributed by atoms with Crippen molar-refractivity contribution in [1.29, 1.82) is 0 Å². The highest BCUT2D eigenvalue weighted by Crippen LogP contribution is 2.12. The molecule has 0 aromatic carbocycles. The molecule has 1 fully saturated rings. The molecule has 0 bridgehead atoms. The normalized spacial score (nSPS) is 18.6. The van der Waals surface area contributed by atoms with Crippen LogP contribution < -0.4 is 5.32 Å². The summed E-state index contributed by atoms with van der Waals surface area (Å²) >= 11 is 1.69. The summed E-state index contributed by atoms with van der Waals surface area (Å²) in [5.74, 6) is 0.791. The third-order valence-corrected chi connectivity index (χ3v) is 4.14. The molecule has 0 saturated carbocycles. The quantitative estimate of drug-likeness (QED) is 0.858. The molecule has 0 amide bonds. The van der Waals surface area contributed by atoms with Crippen molar-refractivity contribution in [2.45, 2.75) is 39.2 Å². The molecule has 1 aromatic rings. The van der Waals surface area contributed by atoms with Crippen molar-refractivity contribution in [3.05, 3.63) is 16.6 Å². The van der Waals surface area contributed by atoms with Gasteiger partial charge in [-0.15, -0.1) is 11.3 Å². The molecule has 1 N–H and O–H groups in total. The second-order valence-corrected chi connectivity index (χ2v) is 6.37. The Morgan fingerprint density at radius 3 is 2.83 bits per heavy atom. The Morgan fingerprint density at radius 1 is 1.44 bits per heavy atom. The standard InChI is InChI=1S/C14H25N3S/c1-12(2)9-17-7-4-13(5-8-17)15-6-3-14-10-18-11-16-14/h10-13,15H,3-9H2,1-2H3. The van der Waals surface area contributed by atoms with Crippen LogP contribution in [-0.4, -0.2) is 42.1 Å². The van der Waals surface area contributed by atoms with E-state index in [4.69, 9.17) is 0 Å². The Kier molecular flexibility index (Phi) is 5.60. The average molecular weight is 267 g/mol. The fourth-order valence-electron chi connectivity index (χ4n) is 2.60. The Hall–Kier alpha value is -0.450. The summed E-state index contributed by atoms with van der Waals surface area (Å²) in [6.45, 7) is 9.44. The van der Waals surface area contributed by atoms with Gasteiger partial charge in [-0.25, -0.2) is 4.98 Å². The van der Waals surface area contributed by atoms with Gasteiger partial charge >= 0.3 is 0 Å². The summed E-state index contributed by atoms with van der Waals surface area (Å²) in [5, 5.41) is 5.82. The molecule has 2 rings (SSSR count). The Morgan fingerprint density at radius 2 is 2.22 bits per heavy atom. The summed E-state index contributed by atoms with van der Waals surface area (Å²) in [4.78, 5) is 6.91. The zero-order valence-corrected chi connectivity index (χ0v) is 12.4. The lowest BCUT2D eigenvalue weighted by atomic mass is 10.0. The van der Waals surface area contributed by atoms with Crippen molar-refractivity contribution in [2.24, 2.45) is 5.92 Å². The Labute approximate surface area is 115 Å². The maximum atomic E-state index is 4.31.